The first-order valence-electron chi connectivity index (χ1n) is 5.48. The minimum atomic E-state index is -3.79. The fourth-order valence-corrected chi connectivity index (χ4v) is 3.36. The molecule has 18 heavy (non-hydrogen) atoms. The predicted octanol–water partition coefficient (Wildman–Crippen LogP) is -1.75. The number of rotatable bonds is 2. The minimum Gasteiger partial charge on any atom is -0.304 e. The van der Waals surface area contributed by atoms with Crippen LogP contribution in [0.4, 0.5) is 4.79 Å². The number of carbonyl (C=O) groups is 2. The number of piperazine rings is 1. The van der Waals surface area contributed by atoms with Gasteiger partial charge in [-0.1, -0.05) is 0 Å². The lowest BCUT2D eigenvalue weighted by molar-refractivity contribution is -0.118. The fourth-order valence-electron chi connectivity index (χ4n) is 1.83. The lowest BCUT2D eigenvalue weighted by Gasteiger charge is -2.33. The minimum absolute atomic E-state index is 0.338. The van der Waals surface area contributed by atoms with Gasteiger partial charge in [-0.05, 0) is 7.05 Å². The summed E-state index contributed by atoms with van der Waals surface area (Å²) in [5.74, 6) is -0.839. The van der Waals surface area contributed by atoms with E-state index in [2.05, 4.69) is 4.99 Å². The quantitative estimate of drug-likeness (QED) is 0.644. The Kier molecular flexibility index (Phi) is 3.46. The Morgan fingerprint density at radius 1 is 1.28 bits per heavy atom. The van der Waals surface area contributed by atoms with Crippen LogP contribution in [-0.2, 0) is 14.8 Å². The van der Waals surface area contributed by atoms with Crippen molar-refractivity contribution in [2.24, 2.45) is 4.99 Å². The Hall–Kier alpha value is -1.32. The van der Waals surface area contributed by atoms with Crippen LogP contribution in [0.2, 0.25) is 0 Å². The van der Waals surface area contributed by atoms with Crippen molar-refractivity contribution in [1.82, 2.24) is 14.5 Å². The number of amides is 3. The van der Waals surface area contributed by atoms with E-state index in [4.69, 9.17) is 0 Å². The molecule has 0 aromatic heterocycles. The second kappa shape index (κ2) is 4.75. The smallest absolute Gasteiger partial charge is 0.304 e. The highest BCUT2D eigenvalue weighted by Gasteiger charge is 2.39. The van der Waals surface area contributed by atoms with E-state index in [1.54, 1.807) is 0 Å². The van der Waals surface area contributed by atoms with Gasteiger partial charge in [-0.3, -0.25) is 10.1 Å². The molecule has 100 valence electrons. The van der Waals surface area contributed by atoms with Gasteiger partial charge in [0.15, 0.2) is 5.25 Å². The van der Waals surface area contributed by atoms with Crippen LogP contribution in [0.1, 0.15) is 0 Å². The lowest BCUT2D eigenvalue weighted by Crippen LogP contribution is -2.55. The van der Waals surface area contributed by atoms with Crippen LogP contribution in [0.5, 0.6) is 0 Å². The van der Waals surface area contributed by atoms with Gasteiger partial charge in [-0.25, -0.2) is 18.2 Å². The van der Waals surface area contributed by atoms with Crippen LogP contribution in [0, 0.1) is 0 Å². The van der Waals surface area contributed by atoms with Crippen molar-refractivity contribution in [3.8, 4) is 0 Å². The molecule has 2 aliphatic heterocycles. The Bertz CT molecular complexity index is 493. The molecule has 2 heterocycles. The van der Waals surface area contributed by atoms with E-state index in [-0.39, 0.29) is 0 Å². The standard InChI is InChI=1S/C9H14N4O4S/c1-12-2-4-13(5-3-12)18(16,17)7-6-10-9(15)11-8(7)14/h6-7H,2-5H2,1H3,(H,11,14,15). The molecule has 0 spiro atoms. The average Bonchev–Trinajstić information content (AvgIpc) is 2.29. The van der Waals surface area contributed by atoms with Crippen molar-refractivity contribution in [3.63, 3.8) is 0 Å². The zero-order chi connectivity index (χ0) is 13.3. The summed E-state index contributed by atoms with van der Waals surface area (Å²) < 4.78 is 25.7. The van der Waals surface area contributed by atoms with Gasteiger partial charge in [0.05, 0.1) is 0 Å². The molecule has 0 saturated carbocycles. The molecule has 1 N–H and O–H groups in total. The normalized spacial score (nSPS) is 27.3. The maximum absolute atomic E-state index is 12.2. The molecular weight excluding hydrogens is 260 g/mol. The molecular formula is C9H14N4O4S. The van der Waals surface area contributed by atoms with Crippen molar-refractivity contribution in [3.05, 3.63) is 0 Å². The Balaban J connectivity index is 2.18. The summed E-state index contributed by atoms with van der Waals surface area (Å²) in [6, 6.07) is -0.829. The predicted molar refractivity (Wildman–Crippen MR) is 63.8 cm³/mol. The van der Waals surface area contributed by atoms with Gasteiger partial charge in [0.1, 0.15) is 0 Å². The van der Waals surface area contributed by atoms with Crippen molar-refractivity contribution < 1.29 is 18.0 Å². The largest absolute Gasteiger partial charge is 0.347 e. The first-order valence-corrected chi connectivity index (χ1v) is 6.98. The topological polar surface area (TPSA) is 99.2 Å². The Morgan fingerprint density at radius 3 is 2.44 bits per heavy atom. The molecule has 0 aromatic carbocycles. The van der Waals surface area contributed by atoms with Crippen molar-refractivity contribution in [2.45, 2.75) is 5.25 Å². The first kappa shape index (κ1) is 13.1. The highest BCUT2D eigenvalue weighted by Crippen LogP contribution is 2.13. The maximum atomic E-state index is 12.2. The zero-order valence-corrected chi connectivity index (χ0v) is 10.7. The van der Waals surface area contributed by atoms with E-state index in [1.165, 1.54) is 4.31 Å². The number of carbonyl (C=O) groups excluding carboxylic acids is 2. The van der Waals surface area contributed by atoms with Crippen molar-refractivity contribution in [1.29, 1.82) is 0 Å². The second-order valence-corrected chi connectivity index (χ2v) is 6.29. The summed E-state index contributed by atoms with van der Waals surface area (Å²) in [5.41, 5.74) is 0. The van der Waals surface area contributed by atoms with Gasteiger partial charge >= 0.3 is 6.03 Å². The number of imide groups is 1. The number of likely N-dealkylation sites (N-methyl/N-ethyl adjacent to an activating group) is 1. The SMILES string of the molecule is CN1CCN(S(=O)(=O)C2C=NC(=O)NC2=O)CC1. The number of nitrogens with one attached hydrogen (secondary N) is 1. The lowest BCUT2D eigenvalue weighted by atomic mass is 10.4. The van der Waals surface area contributed by atoms with Gasteiger partial charge in [-0.15, -0.1) is 0 Å². The molecule has 0 radical (unpaired) electrons. The highest BCUT2D eigenvalue weighted by atomic mass is 32.2. The third-order valence-corrected chi connectivity index (χ3v) is 5.02. The van der Waals surface area contributed by atoms with Gasteiger partial charge in [0.25, 0.3) is 5.91 Å². The van der Waals surface area contributed by atoms with E-state index >= 15 is 0 Å². The summed E-state index contributed by atoms with van der Waals surface area (Å²) in [6.45, 7) is 1.90. The van der Waals surface area contributed by atoms with Crippen LogP contribution in [0.3, 0.4) is 0 Å². The monoisotopic (exact) mass is 274 g/mol. The molecule has 1 saturated heterocycles. The summed E-state index contributed by atoms with van der Waals surface area (Å²) in [7, 11) is -1.89. The molecule has 0 aliphatic carbocycles. The number of urea groups is 1. The Morgan fingerprint density at radius 2 is 1.89 bits per heavy atom. The van der Waals surface area contributed by atoms with Crippen LogP contribution in [0.25, 0.3) is 0 Å². The second-order valence-electron chi connectivity index (χ2n) is 4.24. The molecule has 3 amide bonds. The molecule has 8 nitrogen and oxygen atoms in total. The van der Waals surface area contributed by atoms with E-state index in [9.17, 15) is 18.0 Å². The third-order valence-electron chi connectivity index (χ3n) is 2.96. The number of nitrogens with zero attached hydrogens (tertiary/aromatic N) is 3. The molecule has 0 aromatic rings. The fraction of sp³-hybridized carbons (Fsp3) is 0.667. The van der Waals surface area contributed by atoms with Crippen LogP contribution >= 0.6 is 0 Å². The summed E-state index contributed by atoms with van der Waals surface area (Å²) >= 11 is 0. The highest BCUT2D eigenvalue weighted by molar-refractivity contribution is 7.91. The number of aliphatic imine (C=N–C) groups is 1. The van der Waals surface area contributed by atoms with Gasteiger partial charge in [0.2, 0.25) is 10.0 Å². The average molecular weight is 274 g/mol. The van der Waals surface area contributed by atoms with Crippen molar-refractivity contribution >= 4 is 28.2 Å². The molecule has 1 atom stereocenters. The molecule has 1 fully saturated rings. The number of sulfonamides is 1. The molecule has 0 bridgehead atoms. The van der Waals surface area contributed by atoms with Crippen LogP contribution in [0.15, 0.2) is 4.99 Å². The zero-order valence-electron chi connectivity index (χ0n) is 9.87. The van der Waals surface area contributed by atoms with E-state index < -0.39 is 27.2 Å². The Labute approximate surface area is 105 Å². The van der Waals surface area contributed by atoms with Gasteiger partial charge < -0.3 is 4.90 Å². The molecule has 2 aliphatic rings. The van der Waals surface area contributed by atoms with Crippen LogP contribution in [-0.4, -0.2) is 74.3 Å². The summed E-state index contributed by atoms with van der Waals surface area (Å²) in [4.78, 5) is 27.7. The third kappa shape index (κ3) is 2.42. The van der Waals surface area contributed by atoms with Gasteiger partial charge in [-0.2, -0.15) is 4.31 Å². The van der Waals surface area contributed by atoms with Gasteiger partial charge in [0, 0.05) is 32.4 Å². The first-order chi connectivity index (χ1) is 8.41. The van der Waals surface area contributed by atoms with Crippen LogP contribution < -0.4 is 5.32 Å². The van der Waals surface area contributed by atoms with E-state index in [0.29, 0.717) is 26.2 Å². The van der Waals surface area contributed by atoms with Crippen molar-refractivity contribution in [2.75, 3.05) is 33.2 Å². The summed E-state index contributed by atoms with van der Waals surface area (Å²) in [6.07, 6.45) is 0.898. The maximum Gasteiger partial charge on any atom is 0.347 e. The van der Waals surface area contributed by atoms with E-state index in [0.717, 1.165) is 6.21 Å². The number of hydrogen-bond acceptors (Lipinski definition) is 5. The number of hydrogen-bond donors (Lipinski definition) is 1. The molecule has 2 rings (SSSR count). The van der Waals surface area contributed by atoms with E-state index in [1.807, 2.05) is 17.3 Å². The molecule has 9 heteroatoms. The summed E-state index contributed by atoms with van der Waals surface area (Å²) in [5, 5.41) is 0.487. The molecule has 1 unspecified atom stereocenters.